The van der Waals surface area contributed by atoms with Crippen molar-refractivity contribution in [2.45, 2.75) is 13.5 Å². The molecular formula is C11H9Cl3N2S. The number of hydrogen-bond acceptors (Lipinski definition) is 3. The number of anilines is 1. The summed E-state index contributed by atoms with van der Waals surface area (Å²) in [5, 5.41) is 7.70. The van der Waals surface area contributed by atoms with Gasteiger partial charge in [-0.2, -0.15) is 0 Å². The molecule has 2 nitrogen and oxygen atoms in total. The van der Waals surface area contributed by atoms with Crippen molar-refractivity contribution in [2.24, 2.45) is 0 Å². The van der Waals surface area contributed by atoms with Crippen molar-refractivity contribution in [1.29, 1.82) is 0 Å². The molecular weight excluding hydrogens is 299 g/mol. The van der Waals surface area contributed by atoms with Gasteiger partial charge in [-0.1, -0.05) is 34.8 Å². The van der Waals surface area contributed by atoms with Crippen molar-refractivity contribution >= 4 is 51.8 Å². The van der Waals surface area contributed by atoms with Gasteiger partial charge in [-0.3, -0.25) is 0 Å². The summed E-state index contributed by atoms with van der Waals surface area (Å²) >= 11 is 19.5. The summed E-state index contributed by atoms with van der Waals surface area (Å²) in [5.74, 6) is 0. The number of hydrogen-bond donors (Lipinski definition) is 1. The number of aromatic nitrogens is 1. The molecule has 0 spiro atoms. The summed E-state index contributed by atoms with van der Waals surface area (Å²) < 4.78 is 0. The van der Waals surface area contributed by atoms with Gasteiger partial charge in [0.15, 0.2) is 0 Å². The van der Waals surface area contributed by atoms with Crippen LogP contribution in [0, 0.1) is 6.92 Å². The average molecular weight is 308 g/mol. The Hall–Kier alpha value is -0.480. The van der Waals surface area contributed by atoms with Crippen molar-refractivity contribution in [3.63, 3.8) is 0 Å². The molecule has 1 N–H and O–H groups in total. The summed E-state index contributed by atoms with van der Waals surface area (Å²) in [7, 11) is 0. The van der Waals surface area contributed by atoms with Crippen LogP contribution >= 0.6 is 46.1 Å². The Bertz CT molecular complexity index is 516. The van der Waals surface area contributed by atoms with Gasteiger partial charge < -0.3 is 5.32 Å². The van der Waals surface area contributed by atoms with Crippen LogP contribution in [-0.4, -0.2) is 4.98 Å². The van der Waals surface area contributed by atoms with Gasteiger partial charge >= 0.3 is 0 Å². The molecule has 1 heterocycles. The highest BCUT2D eigenvalue weighted by Crippen LogP contribution is 2.34. The lowest BCUT2D eigenvalue weighted by Crippen LogP contribution is -2.00. The minimum Gasteiger partial charge on any atom is -0.376 e. The summed E-state index contributed by atoms with van der Waals surface area (Å²) in [5.41, 5.74) is 1.70. The maximum absolute atomic E-state index is 6.06. The van der Waals surface area contributed by atoms with E-state index in [4.69, 9.17) is 34.8 Å². The van der Waals surface area contributed by atoms with Crippen molar-refractivity contribution in [2.75, 3.05) is 5.32 Å². The van der Waals surface area contributed by atoms with Crippen LogP contribution in [0.5, 0.6) is 0 Å². The van der Waals surface area contributed by atoms with Gasteiger partial charge in [-0.15, -0.1) is 11.3 Å². The monoisotopic (exact) mass is 306 g/mol. The fourth-order valence-corrected chi connectivity index (χ4v) is 3.02. The normalized spacial score (nSPS) is 10.6. The highest BCUT2D eigenvalue weighted by atomic mass is 35.5. The largest absolute Gasteiger partial charge is 0.376 e. The van der Waals surface area contributed by atoms with Gasteiger partial charge in [-0.25, -0.2) is 4.98 Å². The second-order valence-electron chi connectivity index (χ2n) is 3.48. The zero-order valence-corrected chi connectivity index (χ0v) is 12.0. The van der Waals surface area contributed by atoms with E-state index in [1.165, 1.54) is 0 Å². The predicted octanol–water partition coefficient (Wildman–Crippen LogP) is 5.02. The lowest BCUT2D eigenvalue weighted by Gasteiger charge is -2.09. The molecule has 90 valence electrons. The highest BCUT2D eigenvalue weighted by Gasteiger charge is 2.08. The maximum atomic E-state index is 6.06. The third-order valence-electron chi connectivity index (χ3n) is 2.09. The standard InChI is InChI=1S/C11H9Cl3N2S/c1-6-5-17-10(16-6)4-15-11-8(13)2-7(12)3-9(11)14/h2-3,5,15H,4H2,1H3. The van der Waals surface area contributed by atoms with E-state index in [2.05, 4.69) is 10.3 Å². The second kappa shape index (κ2) is 5.44. The van der Waals surface area contributed by atoms with Crippen molar-refractivity contribution in [3.8, 4) is 0 Å². The number of benzene rings is 1. The molecule has 0 bridgehead atoms. The van der Waals surface area contributed by atoms with Crippen LogP contribution in [0.15, 0.2) is 17.5 Å². The second-order valence-corrected chi connectivity index (χ2v) is 5.67. The Morgan fingerprint density at radius 3 is 2.41 bits per heavy atom. The Kier molecular flexibility index (Phi) is 4.15. The van der Waals surface area contributed by atoms with Gasteiger partial charge in [0, 0.05) is 16.1 Å². The molecule has 0 aliphatic heterocycles. The highest BCUT2D eigenvalue weighted by molar-refractivity contribution is 7.09. The third kappa shape index (κ3) is 3.26. The molecule has 0 aliphatic carbocycles. The van der Waals surface area contributed by atoms with Gasteiger partial charge in [-0.05, 0) is 19.1 Å². The van der Waals surface area contributed by atoms with Crippen LogP contribution in [0.25, 0.3) is 0 Å². The summed E-state index contributed by atoms with van der Waals surface area (Å²) in [6.07, 6.45) is 0. The molecule has 0 unspecified atom stereocenters. The molecule has 0 fully saturated rings. The van der Waals surface area contributed by atoms with Crippen LogP contribution in [0.2, 0.25) is 15.1 Å². The molecule has 0 saturated carbocycles. The fraction of sp³-hybridized carbons (Fsp3) is 0.182. The zero-order valence-electron chi connectivity index (χ0n) is 8.93. The molecule has 1 aromatic heterocycles. The molecule has 0 atom stereocenters. The summed E-state index contributed by atoms with van der Waals surface area (Å²) in [4.78, 5) is 4.35. The number of halogens is 3. The van der Waals surface area contributed by atoms with Gasteiger partial charge in [0.05, 0.1) is 22.3 Å². The average Bonchev–Trinajstić information content (AvgIpc) is 2.62. The summed E-state index contributed by atoms with van der Waals surface area (Å²) in [6, 6.07) is 3.31. The first-order valence-corrected chi connectivity index (χ1v) is 6.87. The van der Waals surface area contributed by atoms with E-state index in [1.54, 1.807) is 23.5 Å². The third-order valence-corrected chi connectivity index (χ3v) is 3.87. The van der Waals surface area contributed by atoms with E-state index in [-0.39, 0.29) is 0 Å². The summed E-state index contributed by atoms with van der Waals surface area (Å²) in [6.45, 7) is 2.56. The lowest BCUT2D eigenvalue weighted by molar-refractivity contribution is 1.08. The topological polar surface area (TPSA) is 24.9 Å². The van der Waals surface area contributed by atoms with Crippen LogP contribution in [0.3, 0.4) is 0 Å². The minimum absolute atomic E-state index is 0.510. The molecule has 0 amide bonds. The van der Waals surface area contributed by atoms with Crippen LogP contribution < -0.4 is 5.32 Å². The number of nitrogens with zero attached hydrogens (tertiary/aromatic N) is 1. The molecule has 0 radical (unpaired) electrons. The van der Waals surface area contributed by atoms with Crippen molar-refractivity contribution < 1.29 is 0 Å². The lowest BCUT2D eigenvalue weighted by atomic mass is 10.3. The zero-order chi connectivity index (χ0) is 12.4. The van der Waals surface area contributed by atoms with E-state index in [1.807, 2.05) is 12.3 Å². The number of rotatable bonds is 3. The molecule has 0 aliphatic rings. The van der Waals surface area contributed by atoms with E-state index in [0.717, 1.165) is 10.7 Å². The molecule has 2 aromatic rings. The first kappa shape index (κ1) is 13.0. The molecule has 6 heteroatoms. The first-order chi connectivity index (χ1) is 8.06. The van der Waals surface area contributed by atoms with E-state index in [9.17, 15) is 0 Å². The molecule has 1 aromatic carbocycles. The number of aryl methyl sites for hydroxylation is 1. The molecule has 0 saturated heterocycles. The Labute approximate surface area is 119 Å². The van der Waals surface area contributed by atoms with E-state index >= 15 is 0 Å². The Morgan fingerprint density at radius 1 is 1.24 bits per heavy atom. The minimum atomic E-state index is 0.510. The first-order valence-electron chi connectivity index (χ1n) is 4.85. The van der Waals surface area contributed by atoms with E-state index < -0.39 is 0 Å². The SMILES string of the molecule is Cc1csc(CNc2c(Cl)cc(Cl)cc2Cl)n1. The maximum Gasteiger partial charge on any atom is 0.112 e. The van der Waals surface area contributed by atoms with Crippen molar-refractivity contribution in [3.05, 3.63) is 43.3 Å². The van der Waals surface area contributed by atoms with Crippen molar-refractivity contribution in [1.82, 2.24) is 4.98 Å². The fourth-order valence-electron chi connectivity index (χ4n) is 1.36. The van der Waals surface area contributed by atoms with E-state index in [0.29, 0.717) is 27.3 Å². The van der Waals surface area contributed by atoms with Gasteiger partial charge in [0.2, 0.25) is 0 Å². The van der Waals surface area contributed by atoms with Crippen LogP contribution in [-0.2, 0) is 6.54 Å². The number of nitrogens with one attached hydrogen (secondary N) is 1. The number of thiazole rings is 1. The molecule has 2 rings (SSSR count). The predicted molar refractivity (Wildman–Crippen MR) is 75.6 cm³/mol. The Balaban J connectivity index is 2.14. The Morgan fingerprint density at radius 2 is 1.88 bits per heavy atom. The smallest absolute Gasteiger partial charge is 0.112 e. The molecule has 17 heavy (non-hydrogen) atoms. The van der Waals surface area contributed by atoms with Crippen LogP contribution in [0.1, 0.15) is 10.7 Å². The quantitative estimate of drug-likeness (QED) is 0.861. The van der Waals surface area contributed by atoms with Crippen LogP contribution in [0.4, 0.5) is 5.69 Å². The van der Waals surface area contributed by atoms with Gasteiger partial charge in [0.25, 0.3) is 0 Å². The van der Waals surface area contributed by atoms with Gasteiger partial charge in [0.1, 0.15) is 5.01 Å².